The maximum atomic E-state index is 10.1. The van der Waals surface area contributed by atoms with Gasteiger partial charge in [-0.25, -0.2) is 4.79 Å². The van der Waals surface area contributed by atoms with Crippen molar-refractivity contribution in [3.8, 4) is 0 Å². The molecule has 0 saturated heterocycles. The first-order valence-electron chi connectivity index (χ1n) is 2.21. The molecule has 0 aromatic carbocycles. The van der Waals surface area contributed by atoms with Crippen LogP contribution in [0.4, 0.5) is 0 Å². The van der Waals surface area contributed by atoms with Gasteiger partial charge in [0.25, 0.3) is 0 Å². The molecule has 0 aromatic rings. The Bertz CT molecular complexity index is 229. The van der Waals surface area contributed by atoms with Crippen LogP contribution in [0.3, 0.4) is 0 Å². The molecule has 1 aliphatic rings. The lowest BCUT2D eigenvalue weighted by molar-refractivity contribution is -0.129. The monoisotopic (exact) mass is 142 g/mol. The van der Waals surface area contributed by atoms with Crippen LogP contribution in [0, 0.1) is 0 Å². The second kappa shape index (κ2) is 2.06. The molecular formula is C5H4NO2S+. The molecule has 0 bridgehead atoms. The molecule has 1 N–H and O–H groups in total. The van der Waals surface area contributed by atoms with Crippen LogP contribution in [0.5, 0.6) is 0 Å². The second-order valence-corrected chi connectivity index (χ2v) is 2.37. The Morgan fingerprint density at radius 1 is 1.89 bits per heavy atom. The highest BCUT2D eigenvalue weighted by molar-refractivity contribution is 7.83. The van der Waals surface area contributed by atoms with Crippen LogP contribution in [-0.2, 0) is 16.1 Å². The van der Waals surface area contributed by atoms with E-state index in [2.05, 4.69) is 11.6 Å². The average Bonchev–Trinajstić information content (AvgIpc) is 2.14. The van der Waals surface area contributed by atoms with Crippen molar-refractivity contribution >= 4 is 28.4 Å². The first-order valence-corrected chi connectivity index (χ1v) is 3.09. The van der Waals surface area contributed by atoms with E-state index in [0.29, 0.717) is 5.03 Å². The molecule has 0 aromatic heterocycles. The number of hydrogen-bond acceptors (Lipinski definition) is 2. The molecule has 1 aliphatic heterocycles. The fourth-order valence-electron chi connectivity index (χ4n) is 0.409. The highest BCUT2D eigenvalue weighted by Crippen LogP contribution is 1.97. The summed E-state index contributed by atoms with van der Waals surface area (Å²) in [7, 11) is 0. The molecule has 0 radical (unpaired) electrons. The molecule has 0 aliphatic carbocycles. The maximum Gasteiger partial charge on any atom is 0.359 e. The zero-order valence-electron chi connectivity index (χ0n) is 4.50. The summed E-state index contributed by atoms with van der Waals surface area (Å²) in [5.74, 6) is -0.999. The molecule has 0 atom stereocenters. The lowest BCUT2D eigenvalue weighted by Gasteiger charge is -1.76. The van der Waals surface area contributed by atoms with Gasteiger partial charge in [-0.15, -0.1) is 0 Å². The van der Waals surface area contributed by atoms with Gasteiger partial charge in [0.15, 0.2) is 0 Å². The number of nitrogens with zero attached hydrogens (tertiary/aromatic N) is 1. The largest absolute Gasteiger partial charge is 0.476 e. The molecule has 46 valence electrons. The fourth-order valence-corrected chi connectivity index (χ4v) is 0.961. The Labute approximate surface area is 55.7 Å². The summed E-state index contributed by atoms with van der Waals surface area (Å²) in [6, 6.07) is 0. The van der Waals surface area contributed by atoms with E-state index in [4.69, 9.17) is 5.11 Å². The summed E-state index contributed by atoms with van der Waals surface area (Å²) in [5.41, 5.74) is 0.0741. The first-order chi connectivity index (χ1) is 4.20. The Hall–Kier alpha value is -1.03. The van der Waals surface area contributed by atoms with Gasteiger partial charge in [0.2, 0.25) is 22.4 Å². The highest BCUT2D eigenvalue weighted by Gasteiger charge is 2.20. The third-order valence-electron chi connectivity index (χ3n) is 0.771. The Balaban J connectivity index is 2.88. The summed E-state index contributed by atoms with van der Waals surface area (Å²) in [6.45, 7) is 3.47. The van der Waals surface area contributed by atoms with Crippen molar-refractivity contribution in [2.75, 3.05) is 0 Å². The molecule has 1 heterocycles. The van der Waals surface area contributed by atoms with Gasteiger partial charge in [-0.3, -0.25) is 0 Å². The lowest BCUT2D eigenvalue weighted by atomic mass is 10.4. The standard InChI is InChI=1S/C5H3NO2S/c1-3-6-4(2-9-3)5(7)8/h2H,1H2/p+1. The molecular weight excluding hydrogens is 138 g/mol. The molecule has 0 unspecified atom stereocenters. The van der Waals surface area contributed by atoms with Crippen LogP contribution in [0.15, 0.2) is 16.6 Å². The van der Waals surface area contributed by atoms with Crippen molar-refractivity contribution in [1.82, 2.24) is 0 Å². The molecule has 0 spiro atoms. The molecule has 0 saturated carbocycles. The minimum atomic E-state index is -0.999. The van der Waals surface area contributed by atoms with Gasteiger partial charge in [-0.2, -0.15) is 4.99 Å². The van der Waals surface area contributed by atoms with Crippen molar-refractivity contribution in [3.63, 3.8) is 0 Å². The van der Waals surface area contributed by atoms with Crippen LogP contribution < -0.4 is 0 Å². The Morgan fingerprint density at radius 2 is 2.56 bits per heavy atom. The van der Waals surface area contributed by atoms with E-state index in [1.54, 1.807) is 0 Å². The lowest BCUT2D eigenvalue weighted by Crippen LogP contribution is -2.11. The summed E-state index contributed by atoms with van der Waals surface area (Å²) in [5, 5.41) is 10.3. The van der Waals surface area contributed by atoms with Crippen molar-refractivity contribution < 1.29 is 9.90 Å². The Kier molecular flexibility index (Phi) is 1.40. The summed E-state index contributed by atoms with van der Waals surface area (Å²) < 4.78 is 0. The van der Waals surface area contributed by atoms with E-state index in [-0.39, 0.29) is 5.71 Å². The minimum Gasteiger partial charge on any atom is -0.476 e. The van der Waals surface area contributed by atoms with Crippen LogP contribution in [0.25, 0.3) is 0 Å². The van der Waals surface area contributed by atoms with Gasteiger partial charge >= 0.3 is 11.0 Å². The number of carboxylic acid groups (broad SMARTS) is 1. The number of rotatable bonds is 1. The second-order valence-electron chi connectivity index (χ2n) is 1.43. The zero-order valence-corrected chi connectivity index (χ0v) is 5.31. The van der Waals surface area contributed by atoms with E-state index < -0.39 is 5.97 Å². The summed E-state index contributed by atoms with van der Waals surface area (Å²) in [6.07, 6.45) is 0. The van der Waals surface area contributed by atoms with Crippen molar-refractivity contribution in [2.24, 2.45) is 4.99 Å². The van der Waals surface area contributed by atoms with Crippen molar-refractivity contribution in [3.05, 3.63) is 11.6 Å². The fraction of sp³-hybridized carbons (Fsp3) is 0. The molecule has 0 fully saturated rings. The van der Waals surface area contributed by atoms with Crippen molar-refractivity contribution in [1.29, 1.82) is 0 Å². The number of hydrogen-bond donors (Lipinski definition) is 1. The van der Waals surface area contributed by atoms with Gasteiger partial charge in [0.05, 0.1) is 0 Å². The first kappa shape index (κ1) is 6.10. The van der Waals surface area contributed by atoms with E-state index in [1.165, 1.54) is 16.7 Å². The quantitative estimate of drug-likeness (QED) is 0.410. The number of carbonyl (C=O) groups is 1. The number of aliphatic imine (C=N–C) groups is 1. The Morgan fingerprint density at radius 3 is 2.78 bits per heavy atom. The highest BCUT2D eigenvalue weighted by atomic mass is 32.1. The zero-order chi connectivity index (χ0) is 6.85. The normalized spacial score (nSPS) is 16.0. The SMILES string of the molecule is C=C1N=C(C(=O)O)C=[S+]1. The third-order valence-corrected chi connectivity index (χ3v) is 1.48. The van der Waals surface area contributed by atoms with Crippen LogP contribution >= 0.6 is 0 Å². The third kappa shape index (κ3) is 1.20. The molecule has 1 rings (SSSR count). The van der Waals surface area contributed by atoms with Gasteiger partial charge in [-0.1, -0.05) is 0 Å². The van der Waals surface area contributed by atoms with E-state index in [1.807, 2.05) is 0 Å². The van der Waals surface area contributed by atoms with Gasteiger partial charge < -0.3 is 5.11 Å². The predicted molar refractivity (Wildman–Crippen MR) is 37.6 cm³/mol. The van der Waals surface area contributed by atoms with Gasteiger partial charge in [0, 0.05) is 0 Å². The maximum absolute atomic E-state index is 10.1. The van der Waals surface area contributed by atoms with E-state index in [0.717, 1.165) is 0 Å². The number of aliphatic carboxylic acids is 1. The van der Waals surface area contributed by atoms with Gasteiger partial charge in [0.1, 0.15) is 0 Å². The van der Waals surface area contributed by atoms with Gasteiger partial charge in [-0.05, 0) is 6.58 Å². The van der Waals surface area contributed by atoms with E-state index in [9.17, 15) is 4.79 Å². The summed E-state index contributed by atoms with van der Waals surface area (Å²) in [4.78, 5) is 13.7. The van der Waals surface area contributed by atoms with Crippen LogP contribution in [-0.4, -0.2) is 22.2 Å². The smallest absolute Gasteiger partial charge is 0.359 e. The van der Waals surface area contributed by atoms with Crippen LogP contribution in [0.1, 0.15) is 0 Å². The molecule has 4 heteroatoms. The minimum absolute atomic E-state index is 0.0741. The average molecular weight is 142 g/mol. The summed E-state index contributed by atoms with van der Waals surface area (Å²) >= 11 is 1.23. The number of carboxylic acids is 1. The topological polar surface area (TPSA) is 49.7 Å². The van der Waals surface area contributed by atoms with Crippen molar-refractivity contribution in [2.45, 2.75) is 0 Å². The predicted octanol–water partition coefficient (Wildman–Crippen LogP) is -0.118. The molecule has 3 nitrogen and oxygen atoms in total. The molecule has 0 amide bonds. The molecule has 9 heavy (non-hydrogen) atoms. The van der Waals surface area contributed by atoms with E-state index >= 15 is 0 Å². The van der Waals surface area contributed by atoms with Crippen LogP contribution in [0.2, 0.25) is 0 Å².